The van der Waals surface area contributed by atoms with Crippen LogP contribution in [0.25, 0.3) is 0 Å². The molecule has 1 aliphatic heterocycles. The maximum Gasteiger partial charge on any atom is 0.416 e. The van der Waals surface area contributed by atoms with Crippen LogP contribution in [-0.2, 0) is 25.6 Å². The summed E-state index contributed by atoms with van der Waals surface area (Å²) in [5.41, 5.74) is 2.28. The van der Waals surface area contributed by atoms with Gasteiger partial charge in [0.15, 0.2) is 5.69 Å². The van der Waals surface area contributed by atoms with E-state index in [4.69, 9.17) is 0 Å². The Hall–Kier alpha value is -2.06. The SMILES string of the molecule is CC(Cc1ccc(C(F)(F)F)cc1)NC(=O)c1n[nH]c2c1CNCC2.Cl. The van der Waals surface area contributed by atoms with Crippen LogP contribution in [0.3, 0.4) is 0 Å². The number of H-pyrrole nitrogens is 1. The van der Waals surface area contributed by atoms with Crippen molar-refractivity contribution < 1.29 is 18.0 Å². The van der Waals surface area contributed by atoms with Crippen LogP contribution in [0.2, 0.25) is 0 Å². The molecule has 0 radical (unpaired) electrons. The Balaban J connectivity index is 0.00000243. The summed E-state index contributed by atoms with van der Waals surface area (Å²) in [4.78, 5) is 12.4. The van der Waals surface area contributed by atoms with Gasteiger partial charge in [0.2, 0.25) is 0 Å². The molecular weight excluding hydrogens is 369 g/mol. The Morgan fingerprint density at radius 2 is 2.00 bits per heavy atom. The van der Waals surface area contributed by atoms with Gasteiger partial charge in [0.25, 0.3) is 5.91 Å². The van der Waals surface area contributed by atoms with E-state index in [1.807, 2.05) is 6.92 Å². The van der Waals surface area contributed by atoms with Crippen molar-refractivity contribution in [1.82, 2.24) is 20.8 Å². The highest BCUT2D eigenvalue weighted by Crippen LogP contribution is 2.29. The van der Waals surface area contributed by atoms with E-state index in [0.717, 1.165) is 41.9 Å². The van der Waals surface area contributed by atoms with E-state index in [2.05, 4.69) is 20.8 Å². The predicted octanol–water partition coefficient (Wildman–Crippen LogP) is 2.86. The van der Waals surface area contributed by atoms with Crippen molar-refractivity contribution in [2.45, 2.75) is 38.5 Å². The maximum atomic E-state index is 12.6. The number of benzene rings is 1. The number of rotatable bonds is 4. The average molecular weight is 389 g/mol. The minimum atomic E-state index is -4.34. The molecule has 1 atom stereocenters. The smallest absolute Gasteiger partial charge is 0.348 e. The normalized spacial score (nSPS) is 14.9. The molecule has 9 heteroatoms. The van der Waals surface area contributed by atoms with Gasteiger partial charge in [-0.2, -0.15) is 18.3 Å². The third-order valence-electron chi connectivity index (χ3n) is 4.22. The van der Waals surface area contributed by atoms with Crippen molar-refractivity contribution in [3.63, 3.8) is 0 Å². The second-order valence-electron chi connectivity index (χ2n) is 6.23. The highest BCUT2D eigenvalue weighted by molar-refractivity contribution is 5.94. The summed E-state index contributed by atoms with van der Waals surface area (Å²) in [6, 6.07) is 4.75. The molecule has 0 spiro atoms. The second kappa shape index (κ2) is 8.09. The molecule has 3 N–H and O–H groups in total. The summed E-state index contributed by atoms with van der Waals surface area (Å²) in [5, 5.41) is 13.0. The standard InChI is InChI=1S/C17H19F3N4O.ClH/c1-10(8-11-2-4-12(5-3-11)17(18,19)20)22-16(25)15-13-9-21-7-6-14(13)23-24-15;/h2-5,10,21H,6-9H2,1H3,(H,22,25)(H,23,24);1H. The first-order chi connectivity index (χ1) is 11.8. The van der Waals surface area contributed by atoms with Gasteiger partial charge in [-0.15, -0.1) is 12.4 Å². The average Bonchev–Trinajstić information content (AvgIpc) is 2.98. The second-order valence-corrected chi connectivity index (χ2v) is 6.23. The number of amides is 1. The van der Waals surface area contributed by atoms with E-state index in [0.29, 0.717) is 18.7 Å². The molecule has 5 nitrogen and oxygen atoms in total. The van der Waals surface area contributed by atoms with Crippen LogP contribution in [0.5, 0.6) is 0 Å². The molecule has 1 aromatic heterocycles. The molecule has 0 aliphatic carbocycles. The molecule has 1 aliphatic rings. The van der Waals surface area contributed by atoms with Gasteiger partial charge in [0.1, 0.15) is 0 Å². The van der Waals surface area contributed by atoms with Crippen LogP contribution in [0.1, 0.15) is 39.8 Å². The molecule has 0 bridgehead atoms. The minimum Gasteiger partial charge on any atom is -0.348 e. The van der Waals surface area contributed by atoms with Gasteiger partial charge in [0.05, 0.1) is 5.56 Å². The van der Waals surface area contributed by atoms with E-state index >= 15 is 0 Å². The number of aromatic nitrogens is 2. The van der Waals surface area contributed by atoms with Crippen molar-refractivity contribution in [2.75, 3.05) is 6.54 Å². The monoisotopic (exact) mass is 388 g/mol. The van der Waals surface area contributed by atoms with Crippen LogP contribution >= 0.6 is 12.4 Å². The lowest BCUT2D eigenvalue weighted by Gasteiger charge is -2.16. The summed E-state index contributed by atoms with van der Waals surface area (Å²) in [6.07, 6.45) is -3.10. The fourth-order valence-corrected chi connectivity index (χ4v) is 2.94. The largest absolute Gasteiger partial charge is 0.416 e. The number of fused-ring (bicyclic) bond motifs is 1. The summed E-state index contributed by atoms with van der Waals surface area (Å²) in [7, 11) is 0. The Morgan fingerprint density at radius 3 is 2.65 bits per heavy atom. The molecule has 1 aromatic carbocycles. The Kier molecular flexibility index (Phi) is 6.30. The van der Waals surface area contributed by atoms with Gasteiger partial charge in [0, 0.05) is 36.8 Å². The number of nitrogens with one attached hydrogen (secondary N) is 3. The van der Waals surface area contributed by atoms with E-state index in [-0.39, 0.29) is 24.4 Å². The van der Waals surface area contributed by atoms with Gasteiger partial charge >= 0.3 is 6.18 Å². The van der Waals surface area contributed by atoms with Crippen LogP contribution in [-0.4, -0.2) is 28.7 Å². The molecule has 2 aromatic rings. The zero-order chi connectivity index (χ0) is 18.0. The van der Waals surface area contributed by atoms with Crippen LogP contribution in [0.15, 0.2) is 24.3 Å². The molecule has 1 amide bonds. The third kappa shape index (κ3) is 4.56. The minimum absolute atomic E-state index is 0. The quantitative estimate of drug-likeness (QED) is 0.754. The summed E-state index contributed by atoms with van der Waals surface area (Å²) in [5.74, 6) is -0.277. The molecule has 2 heterocycles. The fraction of sp³-hybridized carbons (Fsp3) is 0.412. The molecule has 26 heavy (non-hydrogen) atoms. The zero-order valence-corrected chi connectivity index (χ0v) is 14.9. The van der Waals surface area contributed by atoms with Crippen molar-refractivity contribution in [3.8, 4) is 0 Å². The first kappa shape index (κ1) is 20.3. The number of carbonyl (C=O) groups excluding carboxylic acids is 1. The summed E-state index contributed by atoms with van der Waals surface area (Å²) in [6.45, 7) is 3.26. The van der Waals surface area contributed by atoms with Gasteiger partial charge in [-0.3, -0.25) is 9.89 Å². The number of hydrogen-bond acceptors (Lipinski definition) is 3. The molecule has 1 unspecified atom stereocenters. The predicted molar refractivity (Wildman–Crippen MR) is 93.3 cm³/mol. The van der Waals surface area contributed by atoms with Crippen molar-refractivity contribution in [2.24, 2.45) is 0 Å². The Bertz CT molecular complexity index is 758. The summed E-state index contributed by atoms with van der Waals surface area (Å²) >= 11 is 0. The van der Waals surface area contributed by atoms with Gasteiger partial charge < -0.3 is 10.6 Å². The van der Waals surface area contributed by atoms with Crippen LogP contribution in [0, 0.1) is 0 Å². The number of hydrogen-bond donors (Lipinski definition) is 3. The molecule has 142 valence electrons. The van der Waals surface area contributed by atoms with E-state index < -0.39 is 11.7 Å². The maximum absolute atomic E-state index is 12.6. The first-order valence-electron chi connectivity index (χ1n) is 8.08. The highest BCUT2D eigenvalue weighted by atomic mass is 35.5. The molecule has 0 fully saturated rings. The fourth-order valence-electron chi connectivity index (χ4n) is 2.94. The third-order valence-corrected chi connectivity index (χ3v) is 4.22. The lowest BCUT2D eigenvalue weighted by Crippen LogP contribution is -2.35. The van der Waals surface area contributed by atoms with E-state index in [9.17, 15) is 18.0 Å². The Labute approximate surface area is 155 Å². The molecule has 0 saturated heterocycles. The van der Waals surface area contributed by atoms with E-state index in [1.54, 1.807) is 0 Å². The summed E-state index contributed by atoms with van der Waals surface area (Å²) < 4.78 is 37.7. The number of halogens is 4. The molecule has 3 rings (SSSR count). The topological polar surface area (TPSA) is 69.8 Å². The lowest BCUT2D eigenvalue weighted by molar-refractivity contribution is -0.137. The number of alkyl halides is 3. The van der Waals surface area contributed by atoms with Gasteiger partial charge in [-0.25, -0.2) is 0 Å². The zero-order valence-electron chi connectivity index (χ0n) is 14.1. The first-order valence-corrected chi connectivity index (χ1v) is 8.08. The molecule has 0 saturated carbocycles. The van der Waals surface area contributed by atoms with Crippen molar-refractivity contribution in [3.05, 3.63) is 52.3 Å². The van der Waals surface area contributed by atoms with Gasteiger partial charge in [-0.1, -0.05) is 12.1 Å². The highest BCUT2D eigenvalue weighted by Gasteiger charge is 2.30. The lowest BCUT2D eigenvalue weighted by atomic mass is 10.0. The Morgan fingerprint density at radius 1 is 1.31 bits per heavy atom. The van der Waals surface area contributed by atoms with Crippen LogP contribution in [0.4, 0.5) is 13.2 Å². The number of nitrogens with zero attached hydrogens (tertiary/aromatic N) is 1. The van der Waals surface area contributed by atoms with Crippen molar-refractivity contribution >= 4 is 18.3 Å². The van der Waals surface area contributed by atoms with Crippen molar-refractivity contribution in [1.29, 1.82) is 0 Å². The number of carbonyl (C=O) groups is 1. The molecular formula is C17H20ClF3N4O. The van der Waals surface area contributed by atoms with Crippen LogP contribution < -0.4 is 10.6 Å². The number of aromatic amines is 1. The van der Waals surface area contributed by atoms with Gasteiger partial charge in [-0.05, 0) is 31.0 Å². The van der Waals surface area contributed by atoms with E-state index in [1.165, 1.54) is 12.1 Å².